The second-order valence-electron chi connectivity index (χ2n) is 4.05. The molecule has 0 atom stereocenters. The SMILES string of the molecule is COC(=O)CCC(=O)c1ccc2nc(C)[nH]c2c1. The number of aryl methyl sites for hydroxylation is 1. The molecule has 0 radical (unpaired) electrons. The fourth-order valence-electron chi connectivity index (χ4n) is 1.77. The van der Waals surface area contributed by atoms with Crippen LogP contribution in [0.1, 0.15) is 29.0 Å². The van der Waals surface area contributed by atoms with Gasteiger partial charge in [0.2, 0.25) is 0 Å². The number of aromatic nitrogens is 2. The fourth-order valence-corrected chi connectivity index (χ4v) is 1.77. The van der Waals surface area contributed by atoms with Crippen molar-refractivity contribution in [3.8, 4) is 0 Å². The molecule has 0 spiro atoms. The van der Waals surface area contributed by atoms with E-state index in [2.05, 4.69) is 14.7 Å². The van der Waals surface area contributed by atoms with Crippen molar-refractivity contribution in [1.29, 1.82) is 0 Å². The van der Waals surface area contributed by atoms with Crippen molar-refractivity contribution in [1.82, 2.24) is 9.97 Å². The number of hydrogen-bond acceptors (Lipinski definition) is 4. The summed E-state index contributed by atoms with van der Waals surface area (Å²) in [7, 11) is 1.31. The van der Waals surface area contributed by atoms with Gasteiger partial charge >= 0.3 is 5.97 Å². The Hall–Kier alpha value is -2.17. The minimum Gasteiger partial charge on any atom is -0.469 e. The van der Waals surface area contributed by atoms with Gasteiger partial charge in [-0.05, 0) is 25.1 Å². The lowest BCUT2D eigenvalue weighted by Gasteiger charge is -2.00. The number of H-pyrrole nitrogens is 1. The van der Waals surface area contributed by atoms with Gasteiger partial charge in [0.05, 0.1) is 24.6 Å². The van der Waals surface area contributed by atoms with Crippen molar-refractivity contribution in [3.05, 3.63) is 29.6 Å². The van der Waals surface area contributed by atoms with E-state index in [4.69, 9.17) is 0 Å². The number of carbonyl (C=O) groups excluding carboxylic acids is 2. The number of aromatic amines is 1. The first-order valence-corrected chi connectivity index (χ1v) is 5.66. The number of ether oxygens (including phenoxy) is 1. The Morgan fingerprint density at radius 1 is 1.33 bits per heavy atom. The average molecular weight is 246 g/mol. The van der Waals surface area contributed by atoms with Crippen molar-refractivity contribution in [2.24, 2.45) is 0 Å². The summed E-state index contributed by atoms with van der Waals surface area (Å²) < 4.78 is 4.50. The monoisotopic (exact) mass is 246 g/mol. The lowest BCUT2D eigenvalue weighted by Crippen LogP contribution is -2.05. The smallest absolute Gasteiger partial charge is 0.305 e. The maximum absolute atomic E-state index is 11.9. The van der Waals surface area contributed by atoms with E-state index in [1.807, 2.05) is 6.92 Å². The number of carbonyl (C=O) groups is 2. The Balaban J connectivity index is 2.15. The number of ketones is 1. The molecule has 5 heteroatoms. The number of rotatable bonds is 4. The highest BCUT2D eigenvalue weighted by Gasteiger charge is 2.10. The van der Waals surface area contributed by atoms with Crippen LogP contribution in [0.3, 0.4) is 0 Å². The van der Waals surface area contributed by atoms with Crippen LogP contribution in [0, 0.1) is 6.92 Å². The largest absolute Gasteiger partial charge is 0.469 e. The van der Waals surface area contributed by atoms with E-state index >= 15 is 0 Å². The quantitative estimate of drug-likeness (QED) is 0.661. The molecule has 2 rings (SSSR count). The molecule has 0 aliphatic heterocycles. The molecular formula is C13H14N2O3. The van der Waals surface area contributed by atoms with E-state index in [1.165, 1.54) is 7.11 Å². The maximum atomic E-state index is 11.9. The molecule has 0 unspecified atom stereocenters. The second-order valence-corrected chi connectivity index (χ2v) is 4.05. The molecule has 0 amide bonds. The molecule has 1 aromatic carbocycles. The van der Waals surface area contributed by atoms with E-state index in [0.29, 0.717) is 5.56 Å². The average Bonchev–Trinajstić information content (AvgIpc) is 2.74. The highest BCUT2D eigenvalue weighted by Crippen LogP contribution is 2.15. The molecule has 0 fully saturated rings. The summed E-state index contributed by atoms with van der Waals surface area (Å²) in [5.41, 5.74) is 2.24. The van der Waals surface area contributed by atoms with Gasteiger partial charge in [0.25, 0.3) is 0 Å². The normalized spacial score (nSPS) is 10.6. The highest BCUT2D eigenvalue weighted by atomic mass is 16.5. The molecule has 2 aromatic rings. The lowest BCUT2D eigenvalue weighted by molar-refractivity contribution is -0.140. The van der Waals surface area contributed by atoms with Crippen LogP contribution in [0.4, 0.5) is 0 Å². The van der Waals surface area contributed by atoms with Crippen LogP contribution in [-0.4, -0.2) is 28.8 Å². The van der Waals surface area contributed by atoms with Gasteiger partial charge in [-0.25, -0.2) is 4.98 Å². The molecule has 0 saturated heterocycles. The van der Waals surface area contributed by atoms with Crippen molar-refractivity contribution in [2.45, 2.75) is 19.8 Å². The predicted octanol–water partition coefficient (Wildman–Crippen LogP) is 2.01. The fraction of sp³-hybridized carbons (Fsp3) is 0.308. The molecule has 1 N–H and O–H groups in total. The summed E-state index contributed by atoms with van der Waals surface area (Å²) in [5.74, 6) is 0.362. The zero-order valence-corrected chi connectivity index (χ0v) is 10.3. The van der Waals surface area contributed by atoms with E-state index in [9.17, 15) is 9.59 Å². The Labute approximate surface area is 104 Å². The van der Waals surface area contributed by atoms with Crippen LogP contribution in [0.15, 0.2) is 18.2 Å². The zero-order chi connectivity index (χ0) is 13.1. The van der Waals surface area contributed by atoms with Gasteiger partial charge in [-0.1, -0.05) is 0 Å². The maximum Gasteiger partial charge on any atom is 0.305 e. The van der Waals surface area contributed by atoms with E-state index in [0.717, 1.165) is 16.9 Å². The number of methoxy groups -OCH3 is 1. The standard InChI is InChI=1S/C13H14N2O3/c1-8-14-10-4-3-9(7-11(10)15-8)12(16)5-6-13(17)18-2/h3-4,7H,5-6H2,1-2H3,(H,14,15). The molecule has 0 aliphatic carbocycles. The van der Waals surface area contributed by atoms with Crippen molar-refractivity contribution < 1.29 is 14.3 Å². The first kappa shape index (κ1) is 12.3. The number of nitrogens with zero attached hydrogens (tertiary/aromatic N) is 1. The molecule has 18 heavy (non-hydrogen) atoms. The van der Waals surface area contributed by atoms with Gasteiger partial charge in [0.1, 0.15) is 5.82 Å². The summed E-state index contributed by atoms with van der Waals surface area (Å²) in [6, 6.07) is 5.28. The molecule has 1 heterocycles. The van der Waals surface area contributed by atoms with Crippen molar-refractivity contribution in [2.75, 3.05) is 7.11 Å². The molecule has 1 aromatic heterocycles. The summed E-state index contributed by atoms with van der Waals surface area (Å²) in [6.07, 6.45) is 0.265. The summed E-state index contributed by atoms with van der Waals surface area (Å²) in [4.78, 5) is 30.2. The third-order valence-electron chi connectivity index (χ3n) is 2.71. The third kappa shape index (κ3) is 2.56. The van der Waals surface area contributed by atoms with Gasteiger partial charge in [-0.3, -0.25) is 9.59 Å². The Morgan fingerprint density at radius 2 is 2.11 bits per heavy atom. The molecular weight excluding hydrogens is 232 g/mol. The van der Waals surface area contributed by atoms with E-state index in [1.54, 1.807) is 18.2 Å². The van der Waals surface area contributed by atoms with E-state index < -0.39 is 0 Å². The third-order valence-corrected chi connectivity index (χ3v) is 2.71. The minimum absolute atomic E-state index is 0.0745. The lowest BCUT2D eigenvalue weighted by atomic mass is 10.1. The minimum atomic E-state index is -0.373. The van der Waals surface area contributed by atoms with Crippen molar-refractivity contribution >= 4 is 22.8 Å². The Bertz CT molecular complexity index is 601. The van der Waals surface area contributed by atoms with Gasteiger partial charge in [0, 0.05) is 12.0 Å². The Kier molecular flexibility index (Phi) is 3.41. The molecule has 0 saturated carbocycles. The topological polar surface area (TPSA) is 72.1 Å². The summed E-state index contributed by atoms with van der Waals surface area (Å²) >= 11 is 0. The summed E-state index contributed by atoms with van der Waals surface area (Å²) in [6.45, 7) is 1.86. The van der Waals surface area contributed by atoms with Crippen LogP contribution in [-0.2, 0) is 9.53 Å². The molecule has 0 bridgehead atoms. The number of nitrogens with one attached hydrogen (secondary N) is 1. The van der Waals surface area contributed by atoms with Gasteiger partial charge in [-0.2, -0.15) is 0 Å². The van der Waals surface area contributed by atoms with Gasteiger partial charge < -0.3 is 9.72 Å². The second kappa shape index (κ2) is 5.00. The molecule has 94 valence electrons. The van der Waals surface area contributed by atoms with Crippen LogP contribution in [0.5, 0.6) is 0 Å². The number of esters is 1. The van der Waals surface area contributed by atoms with Gasteiger partial charge in [0.15, 0.2) is 5.78 Å². The zero-order valence-electron chi connectivity index (χ0n) is 10.3. The summed E-state index contributed by atoms with van der Waals surface area (Å²) in [5, 5.41) is 0. The molecule has 5 nitrogen and oxygen atoms in total. The van der Waals surface area contributed by atoms with Crippen molar-refractivity contribution in [3.63, 3.8) is 0 Å². The number of Topliss-reactive ketones (excluding diaryl/α,β-unsaturated/α-hetero) is 1. The predicted molar refractivity (Wildman–Crippen MR) is 66.4 cm³/mol. The van der Waals surface area contributed by atoms with Gasteiger partial charge in [-0.15, -0.1) is 0 Å². The van der Waals surface area contributed by atoms with Crippen LogP contribution >= 0.6 is 0 Å². The number of hydrogen-bond donors (Lipinski definition) is 1. The first-order chi connectivity index (χ1) is 8.60. The Morgan fingerprint density at radius 3 is 2.83 bits per heavy atom. The van der Waals surface area contributed by atoms with E-state index in [-0.39, 0.29) is 24.6 Å². The van der Waals surface area contributed by atoms with Crippen LogP contribution in [0.2, 0.25) is 0 Å². The number of benzene rings is 1. The first-order valence-electron chi connectivity index (χ1n) is 5.66. The van der Waals surface area contributed by atoms with Crippen LogP contribution in [0.25, 0.3) is 11.0 Å². The van der Waals surface area contributed by atoms with Crippen LogP contribution < -0.4 is 0 Å². The number of imidazole rings is 1. The molecule has 0 aliphatic rings. The number of fused-ring (bicyclic) bond motifs is 1. The highest BCUT2D eigenvalue weighted by molar-refractivity contribution is 6.00.